The Labute approximate surface area is 213 Å². The average molecular weight is 503 g/mol. The van der Waals surface area contributed by atoms with E-state index in [1.165, 1.54) is 0 Å². The third-order valence-corrected chi connectivity index (χ3v) is 11.7. The number of carbonyl (C=O) groups is 2. The van der Waals surface area contributed by atoms with Crippen LogP contribution >= 0.6 is 0 Å². The van der Waals surface area contributed by atoms with Crippen LogP contribution in [0.25, 0.3) is 0 Å². The van der Waals surface area contributed by atoms with E-state index in [-0.39, 0.29) is 48.4 Å². The first-order chi connectivity index (χ1) is 17.1. The Morgan fingerprint density at radius 2 is 1.97 bits per heavy atom. The van der Waals surface area contributed by atoms with E-state index in [1.54, 1.807) is 0 Å². The van der Waals surface area contributed by atoms with Crippen molar-refractivity contribution in [2.45, 2.75) is 84.9 Å². The van der Waals surface area contributed by atoms with Gasteiger partial charge in [-0.1, -0.05) is 45.8 Å². The largest absolute Gasteiger partial charge is 0.481 e. The molecule has 3 saturated carbocycles. The summed E-state index contributed by atoms with van der Waals surface area (Å²) < 4.78 is 18.5. The molecule has 6 aliphatic rings. The summed E-state index contributed by atoms with van der Waals surface area (Å²) in [6.07, 6.45) is 4.43. The number of allylic oxidation sites excluding steroid dienone is 1. The molecule has 6 rings (SSSR count). The van der Waals surface area contributed by atoms with Gasteiger partial charge in [0, 0.05) is 11.3 Å². The van der Waals surface area contributed by atoms with E-state index < -0.39 is 34.6 Å². The quantitative estimate of drug-likeness (QED) is 0.422. The molecule has 2 aliphatic heterocycles. The Balaban J connectivity index is 1.40. The van der Waals surface area contributed by atoms with Crippen molar-refractivity contribution >= 4 is 12.3 Å². The van der Waals surface area contributed by atoms with Crippen LogP contribution in [0.4, 0.5) is 0 Å². The minimum absolute atomic E-state index is 0.0225. The third-order valence-electron chi connectivity index (χ3n) is 11.7. The van der Waals surface area contributed by atoms with Crippen LogP contribution in [0.15, 0.2) is 11.6 Å². The lowest BCUT2D eigenvalue weighted by molar-refractivity contribution is -0.289. The number of aliphatic carboxylic acids is 1. The Kier molecular flexibility index (Phi) is 5.64. The van der Waals surface area contributed by atoms with Crippen LogP contribution < -0.4 is 0 Å². The van der Waals surface area contributed by atoms with Gasteiger partial charge in [-0.05, 0) is 61.7 Å². The smallest absolute Gasteiger partial charge is 0.315 e. The predicted octanol–water partition coefficient (Wildman–Crippen LogP) is 3.68. The predicted molar refractivity (Wildman–Crippen MR) is 131 cm³/mol. The second-order valence-electron chi connectivity index (χ2n) is 13.3. The first-order valence-corrected chi connectivity index (χ1v) is 14.0. The molecular weight excluding hydrogens is 460 g/mol. The van der Waals surface area contributed by atoms with Crippen molar-refractivity contribution in [3.8, 4) is 0 Å². The summed E-state index contributed by atoms with van der Waals surface area (Å²) in [7, 11) is 0. The highest BCUT2D eigenvalue weighted by atomic mass is 16.7. The van der Waals surface area contributed by atoms with E-state index in [9.17, 15) is 19.8 Å². The number of aliphatic hydroxyl groups is 1. The maximum Gasteiger partial charge on any atom is 0.315 e. The fourth-order valence-electron chi connectivity index (χ4n) is 10.3. The summed E-state index contributed by atoms with van der Waals surface area (Å²) in [6.45, 7) is 11.1. The van der Waals surface area contributed by atoms with Crippen LogP contribution in [0.1, 0.15) is 60.3 Å². The Bertz CT molecular complexity index is 977. The molecule has 0 aromatic rings. The number of hydrogen-bond acceptors (Lipinski definition) is 6. The number of carboxylic acid groups (broad SMARTS) is 1. The summed E-state index contributed by atoms with van der Waals surface area (Å²) in [5, 5.41) is 22.4. The number of aliphatic hydroxyl groups excluding tert-OH is 1. The number of rotatable bonds is 6. The topological polar surface area (TPSA) is 102 Å². The maximum atomic E-state index is 13.6. The standard InChI is InChI=1S/C29H42O7/c1-14(2)21-8-18-9-27(12-30)20-7-6-15(3)19(20)10-28(18,29(21,27)26(32)33)13-35-25-23(31)22-16(4)11-34-24(22)17(5)36-25/h8,12,14-20,22-25,31H,6-7,9-11,13H2,1-5H3,(H,32,33)/t15-,16?,17?,18+,19-,20-,22+,23?,24-,25?,27+,28+,29+/m1/s1. The molecule has 4 aliphatic carbocycles. The van der Waals surface area contributed by atoms with Crippen molar-refractivity contribution in [1.29, 1.82) is 0 Å². The fraction of sp³-hybridized carbons (Fsp3) is 0.862. The second kappa shape index (κ2) is 8.11. The highest BCUT2D eigenvalue weighted by Crippen LogP contribution is 2.82. The molecule has 7 nitrogen and oxygen atoms in total. The lowest BCUT2D eigenvalue weighted by Crippen LogP contribution is -2.64. The highest BCUT2D eigenvalue weighted by Gasteiger charge is 2.84. The van der Waals surface area contributed by atoms with E-state index in [4.69, 9.17) is 14.2 Å². The van der Waals surface area contributed by atoms with Gasteiger partial charge in [0.2, 0.25) is 0 Å². The molecule has 0 spiro atoms. The zero-order chi connectivity index (χ0) is 25.8. The summed E-state index contributed by atoms with van der Waals surface area (Å²) in [5.74, 6) is 0.0776. The normalized spacial score (nSPS) is 54.9. The Morgan fingerprint density at radius 1 is 1.22 bits per heavy atom. The molecule has 5 fully saturated rings. The van der Waals surface area contributed by atoms with Gasteiger partial charge in [-0.2, -0.15) is 0 Å². The molecule has 0 amide bonds. The van der Waals surface area contributed by atoms with E-state index in [2.05, 4.69) is 19.9 Å². The lowest BCUT2D eigenvalue weighted by atomic mass is 9.43. The number of carboxylic acids is 1. The first-order valence-electron chi connectivity index (χ1n) is 14.0. The maximum absolute atomic E-state index is 13.6. The van der Waals surface area contributed by atoms with Gasteiger partial charge in [0.15, 0.2) is 6.29 Å². The van der Waals surface area contributed by atoms with Crippen molar-refractivity contribution in [2.24, 2.45) is 57.7 Å². The summed E-state index contributed by atoms with van der Waals surface area (Å²) in [4.78, 5) is 26.7. The molecule has 13 atom stereocenters. The van der Waals surface area contributed by atoms with E-state index in [0.717, 1.165) is 31.1 Å². The van der Waals surface area contributed by atoms with E-state index >= 15 is 0 Å². The molecule has 0 aromatic heterocycles. The Hall–Kier alpha value is -1.28. The third kappa shape index (κ3) is 2.73. The van der Waals surface area contributed by atoms with E-state index in [0.29, 0.717) is 24.9 Å². The molecule has 2 saturated heterocycles. The molecule has 2 N–H and O–H groups in total. The van der Waals surface area contributed by atoms with Gasteiger partial charge in [-0.3, -0.25) is 4.79 Å². The molecule has 7 heteroatoms. The molecule has 2 heterocycles. The number of aldehydes is 1. The van der Waals surface area contributed by atoms with Crippen LogP contribution in [-0.4, -0.2) is 60.3 Å². The lowest BCUT2D eigenvalue weighted by Gasteiger charge is -2.58. The zero-order valence-corrected chi connectivity index (χ0v) is 22.2. The molecular formula is C29H42O7. The van der Waals surface area contributed by atoms with Crippen molar-refractivity contribution in [3.63, 3.8) is 0 Å². The van der Waals surface area contributed by atoms with Crippen LogP contribution in [0.3, 0.4) is 0 Å². The summed E-state index contributed by atoms with van der Waals surface area (Å²) in [5.41, 5.74) is -2.01. The van der Waals surface area contributed by atoms with Crippen LogP contribution in [0.5, 0.6) is 0 Å². The number of hydrogen-bond donors (Lipinski definition) is 2. The fourth-order valence-corrected chi connectivity index (χ4v) is 10.3. The van der Waals surface area contributed by atoms with Gasteiger partial charge in [-0.15, -0.1) is 0 Å². The minimum atomic E-state index is -1.27. The second-order valence-corrected chi connectivity index (χ2v) is 13.3. The summed E-state index contributed by atoms with van der Waals surface area (Å²) in [6, 6.07) is 0. The van der Waals surface area contributed by atoms with Gasteiger partial charge in [0.1, 0.15) is 17.8 Å². The van der Waals surface area contributed by atoms with Crippen molar-refractivity contribution in [2.75, 3.05) is 13.2 Å². The van der Waals surface area contributed by atoms with Crippen molar-refractivity contribution in [3.05, 3.63) is 11.6 Å². The monoisotopic (exact) mass is 502 g/mol. The van der Waals surface area contributed by atoms with Gasteiger partial charge < -0.3 is 29.2 Å². The Morgan fingerprint density at radius 3 is 2.64 bits per heavy atom. The molecule has 0 radical (unpaired) electrons. The van der Waals surface area contributed by atoms with Gasteiger partial charge in [0.05, 0.1) is 30.8 Å². The minimum Gasteiger partial charge on any atom is -0.481 e. The van der Waals surface area contributed by atoms with E-state index in [1.807, 2.05) is 20.8 Å². The first kappa shape index (κ1) is 25.0. The van der Waals surface area contributed by atoms with Gasteiger partial charge >= 0.3 is 5.97 Å². The molecule has 0 aromatic carbocycles. The van der Waals surface area contributed by atoms with Crippen LogP contribution in [-0.2, 0) is 23.8 Å². The average Bonchev–Trinajstić information content (AvgIpc) is 3.53. The molecule has 4 unspecified atom stereocenters. The molecule has 36 heavy (non-hydrogen) atoms. The SMILES string of the molecule is CC(C)C1=C[C@H]2C[C@]3(C=O)[C@@H]4CC[C@@H](C)[C@H]4C[C@@]2(COC2OC(C)[C@H]4OCC(C)[C@H]4C2O)[C@]13C(=O)O. The number of ether oxygens (including phenoxy) is 3. The molecule has 200 valence electrons. The van der Waals surface area contributed by atoms with Crippen LogP contribution in [0.2, 0.25) is 0 Å². The van der Waals surface area contributed by atoms with Gasteiger partial charge in [0.25, 0.3) is 0 Å². The number of fused-ring (bicyclic) bond motifs is 3. The number of carbonyl (C=O) groups excluding carboxylic acids is 1. The van der Waals surface area contributed by atoms with Crippen molar-refractivity contribution < 1.29 is 34.0 Å². The highest BCUT2D eigenvalue weighted by molar-refractivity contribution is 5.90. The zero-order valence-electron chi connectivity index (χ0n) is 22.2. The van der Waals surface area contributed by atoms with Gasteiger partial charge in [-0.25, -0.2) is 0 Å². The molecule has 4 bridgehead atoms. The summed E-state index contributed by atoms with van der Waals surface area (Å²) >= 11 is 0. The van der Waals surface area contributed by atoms with Crippen LogP contribution in [0, 0.1) is 57.7 Å². The van der Waals surface area contributed by atoms with Crippen molar-refractivity contribution in [1.82, 2.24) is 0 Å².